The fraction of sp³-hybridized carbons (Fsp3) is 0.867. The molecule has 2 rings (SSSR count). The summed E-state index contributed by atoms with van der Waals surface area (Å²) in [5, 5.41) is 24.9. The maximum absolute atomic E-state index is 12.2. The zero-order valence-electron chi connectivity index (χ0n) is 12.4. The van der Waals surface area contributed by atoms with E-state index in [9.17, 15) is 19.8 Å². The van der Waals surface area contributed by atoms with Crippen LogP contribution >= 0.6 is 0 Å². The van der Waals surface area contributed by atoms with Gasteiger partial charge in [-0.15, -0.1) is 0 Å². The summed E-state index contributed by atoms with van der Waals surface area (Å²) < 4.78 is 0. The number of hydrogen-bond acceptors (Lipinski definition) is 3. The number of hydrogen-bond donors (Lipinski definition) is 4. The molecule has 0 spiro atoms. The lowest BCUT2D eigenvalue weighted by Crippen LogP contribution is -2.60. The summed E-state index contributed by atoms with van der Waals surface area (Å²) >= 11 is 0. The van der Waals surface area contributed by atoms with Crippen molar-refractivity contribution in [2.24, 2.45) is 0 Å². The van der Waals surface area contributed by atoms with Crippen molar-refractivity contribution in [2.75, 3.05) is 0 Å². The molecule has 0 aromatic rings. The van der Waals surface area contributed by atoms with Gasteiger partial charge in [0.1, 0.15) is 5.54 Å². The molecule has 2 amide bonds. The lowest BCUT2D eigenvalue weighted by molar-refractivity contribution is -0.145. The Morgan fingerprint density at radius 2 is 1.57 bits per heavy atom. The summed E-state index contributed by atoms with van der Waals surface area (Å²) in [5.74, 6) is -0.959. The van der Waals surface area contributed by atoms with Gasteiger partial charge in [0, 0.05) is 0 Å². The second-order valence-corrected chi connectivity index (χ2v) is 6.36. The van der Waals surface area contributed by atoms with Crippen molar-refractivity contribution < 1.29 is 19.8 Å². The van der Waals surface area contributed by atoms with Crippen molar-refractivity contribution in [3.05, 3.63) is 0 Å². The molecule has 2 saturated carbocycles. The predicted octanol–water partition coefficient (Wildman–Crippen LogP) is 1.77. The van der Waals surface area contributed by atoms with Gasteiger partial charge in [0.2, 0.25) is 0 Å². The predicted molar refractivity (Wildman–Crippen MR) is 78.0 cm³/mol. The number of aliphatic carboxylic acids is 1. The molecule has 21 heavy (non-hydrogen) atoms. The maximum atomic E-state index is 12.2. The molecule has 0 aromatic carbocycles. The maximum Gasteiger partial charge on any atom is 0.329 e. The molecular formula is C15H26N2O4. The van der Waals surface area contributed by atoms with E-state index in [1.807, 2.05) is 0 Å². The fourth-order valence-corrected chi connectivity index (χ4v) is 3.43. The van der Waals surface area contributed by atoms with Crippen LogP contribution in [0.25, 0.3) is 0 Å². The van der Waals surface area contributed by atoms with Crippen LogP contribution in [-0.4, -0.2) is 39.9 Å². The first-order chi connectivity index (χ1) is 10.0. The van der Waals surface area contributed by atoms with Crippen LogP contribution in [0.15, 0.2) is 0 Å². The Hall–Kier alpha value is -1.30. The summed E-state index contributed by atoms with van der Waals surface area (Å²) in [6.45, 7) is 0. The van der Waals surface area contributed by atoms with E-state index in [0.717, 1.165) is 44.9 Å². The van der Waals surface area contributed by atoms with E-state index in [0.29, 0.717) is 19.3 Å². The highest BCUT2D eigenvalue weighted by Crippen LogP contribution is 2.28. The Kier molecular flexibility index (Phi) is 5.45. The Morgan fingerprint density at radius 1 is 0.952 bits per heavy atom. The van der Waals surface area contributed by atoms with Crippen LogP contribution in [0.5, 0.6) is 0 Å². The summed E-state index contributed by atoms with van der Waals surface area (Å²) in [6, 6.07) is -0.743. The van der Waals surface area contributed by atoms with Crippen LogP contribution in [-0.2, 0) is 4.79 Å². The summed E-state index contributed by atoms with van der Waals surface area (Å²) in [7, 11) is 0. The van der Waals surface area contributed by atoms with Gasteiger partial charge < -0.3 is 20.8 Å². The molecule has 2 atom stereocenters. The lowest BCUT2D eigenvalue weighted by Gasteiger charge is -2.34. The molecule has 2 aliphatic rings. The molecule has 120 valence electrons. The van der Waals surface area contributed by atoms with Crippen molar-refractivity contribution in [2.45, 2.75) is 81.9 Å². The number of carboxylic acids is 1. The summed E-state index contributed by atoms with van der Waals surface area (Å²) in [6.07, 6.45) is 7.51. The topological polar surface area (TPSA) is 98.7 Å². The lowest BCUT2D eigenvalue weighted by atomic mass is 9.82. The second-order valence-electron chi connectivity index (χ2n) is 6.36. The monoisotopic (exact) mass is 298 g/mol. The molecule has 0 heterocycles. The average molecular weight is 298 g/mol. The van der Waals surface area contributed by atoms with Crippen LogP contribution in [0.2, 0.25) is 0 Å². The minimum atomic E-state index is -1.14. The second kappa shape index (κ2) is 7.11. The van der Waals surface area contributed by atoms with Gasteiger partial charge in [-0.05, 0) is 25.7 Å². The minimum absolute atomic E-state index is 0.276. The number of aliphatic hydroxyl groups is 1. The van der Waals surface area contributed by atoms with E-state index < -0.39 is 23.6 Å². The SMILES string of the molecule is O=C(NC1CCCCCC1O)NC1(C(=O)O)CCCCC1. The van der Waals surface area contributed by atoms with Gasteiger partial charge in [0.05, 0.1) is 12.1 Å². The Bertz CT molecular complexity index is 380. The van der Waals surface area contributed by atoms with Crippen molar-refractivity contribution in [1.82, 2.24) is 10.6 Å². The molecule has 0 saturated heterocycles. The molecule has 0 aromatic heterocycles. The Morgan fingerprint density at radius 3 is 2.24 bits per heavy atom. The zero-order chi connectivity index (χ0) is 15.3. The number of carbonyl (C=O) groups excluding carboxylic acids is 1. The van der Waals surface area contributed by atoms with E-state index in [4.69, 9.17) is 0 Å². The van der Waals surface area contributed by atoms with Crippen LogP contribution in [0.4, 0.5) is 4.79 Å². The van der Waals surface area contributed by atoms with E-state index in [2.05, 4.69) is 10.6 Å². The van der Waals surface area contributed by atoms with Gasteiger partial charge in [0.15, 0.2) is 0 Å². The van der Waals surface area contributed by atoms with E-state index in [1.54, 1.807) is 0 Å². The average Bonchev–Trinajstić information content (AvgIpc) is 2.65. The van der Waals surface area contributed by atoms with Crippen molar-refractivity contribution in [3.8, 4) is 0 Å². The molecule has 6 nitrogen and oxygen atoms in total. The first-order valence-electron chi connectivity index (χ1n) is 8.04. The first kappa shape index (κ1) is 16.1. The molecule has 6 heteroatoms. The van der Waals surface area contributed by atoms with Crippen LogP contribution in [0, 0.1) is 0 Å². The number of urea groups is 1. The van der Waals surface area contributed by atoms with E-state index in [-0.39, 0.29) is 6.04 Å². The van der Waals surface area contributed by atoms with Crippen LogP contribution in [0.3, 0.4) is 0 Å². The molecule has 0 radical (unpaired) electrons. The molecular weight excluding hydrogens is 272 g/mol. The van der Waals surface area contributed by atoms with E-state index in [1.165, 1.54) is 0 Å². The highest BCUT2D eigenvalue weighted by atomic mass is 16.4. The van der Waals surface area contributed by atoms with Gasteiger partial charge in [-0.3, -0.25) is 0 Å². The largest absolute Gasteiger partial charge is 0.480 e. The molecule has 2 fully saturated rings. The normalized spacial score (nSPS) is 29.2. The van der Waals surface area contributed by atoms with Crippen LogP contribution < -0.4 is 10.6 Å². The standard InChI is InChI=1S/C15H26N2O4/c18-12-8-4-1-3-7-11(12)16-14(21)17-15(13(19)20)9-5-2-6-10-15/h11-12,18H,1-10H2,(H,19,20)(H2,16,17,21). The third kappa shape index (κ3) is 4.09. The Labute approximate surface area is 125 Å². The number of carboxylic acid groups (broad SMARTS) is 1. The van der Waals surface area contributed by atoms with Gasteiger partial charge in [0.25, 0.3) is 0 Å². The molecule has 2 aliphatic carbocycles. The minimum Gasteiger partial charge on any atom is -0.480 e. The molecule has 4 N–H and O–H groups in total. The van der Waals surface area contributed by atoms with E-state index >= 15 is 0 Å². The van der Waals surface area contributed by atoms with Crippen LogP contribution in [0.1, 0.15) is 64.2 Å². The Balaban J connectivity index is 1.94. The smallest absolute Gasteiger partial charge is 0.329 e. The van der Waals surface area contributed by atoms with Gasteiger partial charge in [-0.1, -0.05) is 38.5 Å². The molecule has 2 unspecified atom stereocenters. The molecule has 0 aliphatic heterocycles. The number of rotatable bonds is 3. The van der Waals surface area contributed by atoms with Crippen molar-refractivity contribution in [1.29, 1.82) is 0 Å². The van der Waals surface area contributed by atoms with Gasteiger partial charge >= 0.3 is 12.0 Å². The van der Waals surface area contributed by atoms with Crippen molar-refractivity contribution >= 4 is 12.0 Å². The number of carbonyl (C=O) groups is 2. The van der Waals surface area contributed by atoms with Crippen molar-refractivity contribution in [3.63, 3.8) is 0 Å². The molecule has 0 bridgehead atoms. The number of amides is 2. The number of aliphatic hydroxyl groups excluding tert-OH is 1. The van der Waals surface area contributed by atoms with Gasteiger partial charge in [-0.25, -0.2) is 9.59 Å². The quantitative estimate of drug-likeness (QED) is 0.597. The zero-order valence-corrected chi connectivity index (χ0v) is 12.4. The number of nitrogens with one attached hydrogen (secondary N) is 2. The van der Waals surface area contributed by atoms with Gasteiger partial charge in [-0.2, -0.15) is 0 Å². The summed E-state index contributed by atoms with van der Waals surface area (Å²) in [4.78, 5) is 23.7. The summed E-state index contributed by atoms with van der Waals surface area (Å²) in [5.41, 5.74) is -1.14. The highest BCUT2D eigenvalue weighted by Gasteiger charge is 2.41. The highest BCUT2D eigenvalue weighted by molar-refractivity contribution is 5.86. The third-order valence-electron chi connectivity index (χ3n) is 4.77. The first-order valence-corrected chi connectivity index (χ1v) is 8.04. The third-order valence-corrected chi connectivity index (χ3v) is 4.77. The fourth-order valence-electron chi connectivity index (χ4n) is 3.43.